The van der Waals surface area contributed by atoms with Crippen molar-refractivity contribution >= 4 is 28.6 Å². The first-order valence-electron chi connectivity index (χ1n) is 11.2. The van der Waals surface area contributed by atoms with Gasteiger partial charge in [-0.1, -0.05) is 38.3 Å². The van der Waals surface area contributed by atoms with Gasteiger partial charge in [-0.15, -0.1) is 11.3 Å². The molecule has 0 bridgehead atoms. The summed E-state index contributed by atoms with van der Waals surface area (Å²) in [4.78, 5) is 17.2. The molecule has 0 saturated carbocycles. The Bertz CT molecular complexity index is 1230. The number of allylic oxidation sites excluding steroid dienone is 1. The number of carbonyl (C=O) groups excluding carboxylic acids is 1. The number of ether oxygens (including phenoxy) is 3. The van der Waals surface area contributed by atoms with Crippen LogP contribution < -0.4 is 14.8 Å². The standard InChI is InChI=1S/C26H25N3O4S/c1-2-3-4-7-12-31-26(30)20-8-5-6-9-21(20)28-15-19(14-27)25-29-22(16-34-25)18-10-11-23-24(13-18)33-17-32-23/h5-6,8-11,13,15-16,28H,2-4,7,12,17H2,1H3. The molecule has 0 radical (unpaired) electrons. The van der Waals surface area contributed by atoms with Crippen LogP contribution in [0.25, 0.3) is 16.8 Å². The fraction of sp³-hybridized carbons (Fsp3) is 0.269. The molecule has 34 heavy (non-hydrogen) atoms. The van der Waals surface area contributed by atoms with Crippen molar-refractivity contribution in [2.24, 2.45) is 0 Å². The molecule has 0 spiro atoms. The largest absolute Gasteiger partial charge is 0.462 e. The summed E-state index contributed by atoms with van der Waals surface area (Å²) in [5.74, 6) is 1.00. The van der Waals surface area contributed by atoms with Gasteiger partial charge in [-0.25, -0.2) is 9.78 Å². The Morgan fingerprint density at radius 2 is 2.06 bits per heavy atom. The maximum atomic E-state index is 12.5. The number of benzene rings is 2. The fourth-order valence-electron chi connectivity index (χ4n) is 3.44. The molecular formula is C26H25N3O4S. The molecule has 0 saturated heterocycles. The molecule has 0 amide bonds. The van der Waals surface area contributed by atoms with Crippen LogP contribution in [0, 0.1) is 11.3 Å². The predicted molar refractivity (Wildman–Crippen MR) is 132 cm³/mol. The third kappa shape index (κ3) is 5.56. The third-order valence-corrected chi connectivity index (χ3v) is 6.15. The molecule has 8 heteroatoms. The average Bonchev–Trinajstić information content (AvgIpc) is 3.54. The zero-order valence-corrected chi connectivity index (χ0v) is 19.7. The fourth-order valence-corrected chi connectivity index (χ4v) is 4.23. The molecule has 1 aromatic heterocycles. The Morgan fingerprint density at radius 3 is 2.91 bits per heavy atom. The number of rotatable bonds is 10. The number of nitrogens with one attached hydrogen (secondary N) is 1. The van der Waals surface area contributed by atoms with Crippen LogP contribution in [0.5, 0.6) is 11.5 Å². The van der Waals surface area contributed by atoms with Gasteiger partial charge in [-0.3, -0.25) is 0 Å². The van der Waals surface area contributed by atoms with Gasteiger partial charge in [0, 0.05) is 17.1 Å². The zero-order valence-electron chi connectivity index (χ0n) is 18.9. The molecule has 1 N–H and O–H groups in total. The third-order valence-electron chi connectivity index (χ3n) is 5.27. The van der Waals surface area contributed by atoms with E-state index in [1.165, 1.54) is 11.3 Å². The second kappa shape index (κ2) is 11.3. The van der Waals surface area contributed by atoms with Gasteiger partial charge >= 0.3 is 5.97 Å². The van der Waals surface area contributed by atoms with Crippen molar-refractivity contribution in [2.75, 3.05) is 18.7 Å². The van der Waals surface area contributed by atoms with E-state index in [-0.39, 0.29) is 12.8 Å². The van der Waals surface area contributed by atoms with E-state index < -0.39 is 0 Å². The van der Waals surface area contributed by atoms with Gasteiger partial charge in [0.2, 0.25) is 6.79 Å². The first-order valence-corrected chi connectivity index (χ1v) is 12.1. The number of hydrogen-bond donors (Lipinski definition) is 1. The quantitative estimate of drug-likeness (QED) is 0.210. The molecule has 2 heterocycles. The number of nitrogens with zero attached hydrogens (tertiary/aromatic N) is 2. The number of hydrogen-bond acceptors (Lipinski definition) is 8. The van der Waals surface area contributed by atoms with Crippen molar-refractivity contribution in [3.8, 4) is 28.8 Å². The number of nitriles is 1. The van der Waals surface area contributed by atoms with Gasteiger partial charge in [0.1, 0.15) is 16.6 Å². The number of fused-ring (bicyclic) bond motifs is 1. The first kappa shape index (κ1) is 23.3. The summed E-state index contributed by atoms with van der Waals surface area (Å²) in [5, 5.41) is 15.3. The van der Waals surface area contributed by atoms with Crippen molar-refractivity contribution in [2.45, 2.75) is 32.6 Å². The van der Waals surface area contributed by atoms with Crippen LogP contribution in [-0.4, -0.2) is 24.4 Å². The molecule has 4 rings (SSSR count). The number of unbranched alkanes of at least 4 members (excludes halogenated alkanes) is 3. The smallest absolute Gasteiger partial charge is 0.340 e. The van der Waals surface area contributed by atoms with Crippen LogP contribution in [0.4, 0.5) is 5.69 Å². The lowest BCUT2D eigenvalue weighted by molar-refractivity contribution is 0.0499. The normalized spacial score (nSPS) is 12.3. The predicted octanol–water partition coefficient (Wildman–Crippen LogP) is 6.25. The zero-order chi connectivity index (χ0) is 23.8. The lowest BCUT2D eigenvalue weighted by Crippen LogP contribution is -2.09. The Balaban J connectivity index is 1.45. The van der Waals surface area contributed by atoms with Crippen LogP contribution in [0.1, 0.15) is 48.0 Å². The van der Waals surface area contributed by atoms with Crippen LogP contribution in [0.3, 0.4) is 0 Å². The van der Waals surface area contributed by atoms with Crippen LogP contribution in [-0.2, 0) is 4.74 Å². The summed E-state index contributed by atoms with van der Waals surface area (Å²) in [7, 11) is 0. The molecule has 0 aliphatic carbocycles. The highest BCUT2D eigenvalue weighted by atomic mass is 32.1. The molecule has 3 aromatic rings. The highest BCUT2D eigenvalue weighted by molar-refractivity contribution is 7.11. The molecular weight excluding hydrogens is 450 g/mol. The minimum Gasteiger partial charge on any atom is -0.462 e. The summed E-state index contributed by atoms with van der Waals surface area (Å²) < 4.78 is 16.2. The molecule has 1 aliphatic rings. The van der Waals surface area contributed by atoms with Gasteiger partial charge < -0.3 is 19.5 Å². The summed E-state index contributed by atoms with van der Waals surface area (Å²) in [6.07, 6.45) is 5.72. The SMILES string of the molecule is CCCCCCOC(=O)c1ccccc1NC=C(C#N)c1nc(-c2ccc3c(c2)OCO3)cs1. The molecule has 0 unspecified atom stereocenters. The summed E-state index contributed by atoms with van der Waals surface area (Å²) in [5.41, 5.74) is 2.98. The Morgan fingerprint density at radius 1 is 1.21 bits per heavy atom. The number of esters is 1. The minimum atomic E-state index is -0.383. The lowest BCUT2D eigenvalue weighted by Gasteiger charge is -2.09. The van der Waals surface area contributed by atoms with E-state index >= 15 is 0 Å². The van der Waals surface area contributed by atoms with Crippen molar-refractivity contribution in [1.82, 2.24) is 4.98 Å². The highest BCUT2D eigenvalue weighted by Crippen LogP contribution is 2.36. The molecule has 7 nitrogen and oxygen atoms in total. The molecule has 2 aromatic carbocycles. The molecule has 0 atom stereocenters. The number of aromatic nitrogens is 1. The Hall–Kier alpha value is -3.83. The van der Waals surface area contributed by atoms with Crippen LogP contribution in [0.2, 0.25) is 0 Å². The summed E-state index contributed by atoms with van der Waals surface area (Å²) in [6, 6.07) is 14.9. The van der Waals surface area contributed by atoms with Crippen LogP contribution in [0.15, 0.2) is 54.0 Å². The average molecular weight is 476 g/mol. The highest BCUT2D eigenvalue weighted by Gasteiger charge is 2.16. The van der Waals surface area contributed by atoms with Crippen molar-refractivity contribution < 1.29 is 19.0 Å². The van der Waals surface area contributed by atoms with Crippen molar-refractivity contribution in [3.05, 3.63) is 64.6 Å². The molecule has 174 valence electrons. The number of carbonyl (C=O) groups is 1. The van der Waals surface area contributed by atoms with E-state index in [1.54, 1.807) is 24.4 Å². The van der Waals surface area contributed by atoms with E-state index in [0.717, 1.165) is 36.9 Å². The summed E-state index contributed by atoms with van der Waals surface area (Å²) >= 11 is 1.37. The van der Waals surface area contributed by atoms with Gasteiger partial charge in [0.05, 0.1) is 23.6 Å². The molecule has 1 aliphatic heterocycles. The van der Waals surface area contributed by atoms with Gasteiger partial charge in [0.25, 0.3) is 0 Å². The van der Waals surface area contributed by atoms with Gasteiger partial charge in [0.15, 0.2) is 11.5 Å². The Kier molecular flexibility index (Phi) is 7.79. The Labute approximate surface area is 202 Å². The molecule has 0 fully saturated rings. The number of para-hydroxylation sites is 1. The van der Waals surface area contributed by atoms with Gasteiger partial charge in [-0.05, 0) is 36.8 Å². The van der Waals surface area contributed by atoms with E-state index in [4.69, 9.17) is 14.2 Å². The van der Waals surface area contributed by atoms with Crippen molar-refractivity contribution in [3.63, 3.8) is 0 Å². The first-order chi connectivity index (χ1) is 16.7. The van der Waals surface area contributed by atoms with Gasteiger partial charge in [-0.2, -0.15) is 5.26 Å². The number of thiazole rings is 1. The monoisotopic (exact) mass is 475 g/mol. The van der Waals surface area contributed by atoms with Crippen LogP contribution >= 0.6 is 11.3 Å². The summed E-state index contributed by atoms with van der Waals surface area (Å²) in [6.45, 7) is 2.75. The van der Waals surface area contributed by atoms with E-state index in [1.807, 2.05) is 29.6 Å². The topological polar surface area (TPSA) is 93.5 Å². The van der Waals surface area contributed by atoms with E-state index in [9.17, 15) is 10.1 Å². The van der Waals surface area contributed by atoms with E-state index in [0.29, 0.717) is 39.9 Å². The maximum Gasteiger partial charge on any atom is 0.340 e. The second-order valence-electron chi connectivity index (χ2n) is 7.66. The van der Waals surface area contributed by atoms with E-state index in [2.05, 4.69) is 23.3 Å². The second-order valence-corrected chi connectivity index (χ2v) is 8.52. The number of anilines is 1. The minimum absolute atomic E-state index is 0.210. The lowest BCUT2D eigenvalue weighted by atomic mass is 10.1. The van der Waals surface area contributed by atoms with Crippen molar-refractivity contribution in [1.29, 1.82) is 5.26 Å². The maximum absolute atomic E-state index is 12.5.